The highest BCUT2D eigenvalue weighted by molar-refractivity contribution is 5.43. The molecule has 0 radical (unpaired) electrons. The van der Waals surface area contributed by atoms with Crippen molar-refractivity contribution in [2.45, 2.75) is 46.1 Å². The lowest BCUT2D eigenvalue weighted by molar-refractivity contribution is 0.276. The minimum atomic E-state index is 0.233. The van der Waals surface area contributed by atoms with Crippen molar-refractivity contribution in [3.05, 3.63) is 23.8 Å². The molecule has 0 saturated carbocycles. The number of ether oxygens (including phenoxy) is 2. The molecule has 0 heterocycles. The van der Waals surface area contributed by atoms with E-state index in [-0.39, 0.29) is 6.04 Å². The Balaban J connectivity index is 2.74. The Morgan fingerprint density at radius 1 is 1.17 bits per heavy atom. The Bertz CT molecular complexity index is 350. The Kier molecular flexibility index (Phi) is 6.58. The first kappa shape index (κ1) is 14.8. The summed E-state index contributed by atoms with van der Waals surface area (Å²) in [6, 6.07) is 6.39. The van der Waals surface area contributed by atoms with E-state index < -0.39 is 0 Å². The maximum atomic E-state index is 5.78. The largest absolute Gasteiger partial charge is 0.490 e. The van der Waals surface area contributed by atoms with Crippen LogP contribution in [-0.4, -0.2) is 19.3 Å². The highest BCUT2D eigenvalue weighted by Gasteiger charge is 2.07. The van der Waals surface area contributed by atoms with Crippen molar-refractivity contribution in [3.63, 3.8) is 0 Å². The molecule has 0 aliphatic heterocycles. The van der Waals surface area contributed by atoms with Gasteiger partial charge in [-0.2, -0.15) is 0 Å². The summed E-state index contributed by atoms with van der Waals surface area (Å²) in [6.45, 7) is 7.48. The molecule has 3 heteroatoms. The Morgan fingerprint density at radius 3 is 2.56 bits per heavy atom. The molecule has 0 bridgehead atoms. The minimum Gasteiger partial charge on any atom is -0.490 e. The molecule has 0 aliphatic carbocycles. The Hall–Kier alpha value is -1.22. The predicted molar refractivity (Wildman–Crippen MR) is 75.4 cm³/mol. The highest BCUT2D eigenvalue weighted by atomic mass is 16.5. The molecule has 1 rings (SSSR count). The second-order valence-electron chi connectivity index (χ2n) is 4.58. The van der Waals surface area contributed by atoms with Crippen molar-refractivity contribution >= 4 is 0 Å². The number of rotatable bonds is 8. The second-order valence-corrected chi connectivity index (χ2v) is 4.58. The van der Waals surface area contributed by atoms with Gasteiger partial charge in [0.25, 0.3) is 0 Å². The standard InChI is InChI=1S/C15H25NO2/c1-4-10-18-14-9-8-13(7-6-12(3)16)11-15(14)17-5-2/h8-9,11-12H,4-7,10,16H2,1-3H3. The Morgan fingerprint density at radius 2 is 1.94 bits per heavy atom. The van der Waals surface area contributed by atoms with Crippen LogP contribution in [0.15, 0.2) is 18.2 Å². The van der Waals surface area contributed by atoms with Crippen LogP contribution in [0.3, 0.4) is 0 Å². The quantitative estimate of drug-likeness (QED) is 0.772. The molecule has 102 valence electrons. The van der Waals surface area contributed by atoms with E-state index in [4.69, 9.17) is 15.2 Å². The van der Waals surface area contributed by atoms with E-state index in [9.17, 15) is 0 Å². The third kappa shape index (κ3) is 4.96. The molecular weight excluding hydrogens is 226 g/mol. The average Bonchev–Trinajstić information content (AvgIpc) is 2.35. The van der Waals surface area contributed by atoms with Gasteiger partial charge in [0, 0.05) is 6.04 Å². The molecule has 1 unspecified atom stereocenters. The van der Waals surface area contributed by atoms with Gasteiger partial charge in [-0.3, -0.25) is 0 Å². The normalized spacial score (nSPS) is 12.2. The van der Waals surface area contributed by atoms with E-state index in [0.29, 0.717) is 6.61 Å². The summed E-state index contributed by atoms with van der Waals surface area (Å²) >= 11 is 0. The third-order valence-electron chi connectivity index (χ3n) is 2.66. The minimum absolute atomic E-state index is 0.233. The zero-order valence-corrected chi connectivity index (χ0v) is 11.7. The first-order chi connectivity index (χ1) is 8.67. The van der Waals surface area contributed by atoms with Gasteiger partial charge in [0.2, 0.25) is 0 Å². The fourth-order valence-electron chi connectivity index (χ4n) is 1.70. The molecule has 0 spiro atoms. The fourth-order valence-corrected chi connectivity index (χ4v) is 1.70. The van der Waals surface area contributed by atoms with Crippen LogP contribution in [0, 0.1) is 0 Å². The van der Waals surface area contributed by atoms with Gasteiger partial charge in [-0.25, -0.2) is 0 Å². The SMILES string of the molecule is CCCOc1ccc(CCC(C)N)cc1OCC. The van der Waals surface area contributed by atoms with Gasteiger partial charge in [-0.15, -0.1) is 0 Å². The molecule has 1 aromatic rings. The maximum Gasteiger partial charge on any atom is 0.161 e. The maximum absolute atomic E-state index is 5.78. The predicted octanol–water partition coefficient (Wildman–Crippen LogP) is 3.15. The topological polar surface area (TPSA) is 44.5 Å². The van der Waals surface area contributed by atoms with E-state index in [0.717, 1.165) is 37.4 Å². The number of aryl methyl sites for hydroxylation is 1. The summed E-state index contributed by atoms with van der Waals surface area (Å²) in [5, 5.41) is 0. The van der Waals surface area contributed by atoms with E-state index in [2.05, 4.69) is 19.1 Å². The van der Waals surface area contributed by atoms with Gasteiger partial charge in [-0.1, -0.05) is 13.0 Å². The lowest BCUT2D eigenvalue weighted by Crippen LogP contribution is -2.15. The Labute approximate surface area is 110 Å². The van der Waals surface area contributed by atoms with Crippen LogP contribution in [-0.2, 0) is 6.42 Å². The second kappa shape index (κ2) is 7.98. The first-order valence-electron chi connectivity index (χ1n) is 6.81. The van der Waals surface area contributed by atoms with Crippen molar-refractivity contribution < 1.29 is 9.47 Å². The van der Waals surface area contributed by atoms with Crippen LogP contribution >= 0.6 is 0 Å². The van der Waals surface area contributed by atoms with E-state index in [1.54, 1.807) is 0 Å². The fraction of sp³-hybridized carbons (Fsp3) is 0.600. The average molecular weight is 251 g/mol. The lowest BCUT2D eigenvalue weighted by Gasteiger charge is -2.13. The summed E-state index contributed by atoms with van der Waals surface area (Å²) in [5.41, 5.74) is 7.03. The number of nitrogens with two attached hydrogens (primary N) is 1. The lowest BCUT2D eigenvalue weighted by atomic mass is 10.1. The molecule has 0 saturated heterocycles. The van der Waals surface area contributed by atoms with Crippen LogP contribution in [0.1, 0.15) is 39.2 Å². The van der Waals surface area contributed by atoms with E-state index in [1.165, 1.54) is 5.56 Å². The van der Waals surface area contributed by atoms with Gasteiger partial charge in [0.1, 0.15) is 0 Å². The highest BCUT2D eigenvalue weighted by Crippen LogP contribution is 2.29. The van der Waals surface area contributed by atoms with Crippen LogP contribution in [0.5, 0.6) is 11.5 Å². The van der Waals surface area contributed by atoms with Crippen LogP contribution in [0.4, 0.5) is 0 Å². The molecule has 0 aromatic heterocycles. The number of benzene rings is 1. The molecule has 2 N–H and O–H groups in total. The van der Waals surface area contributed by atoms with Gasteiger partial charge in [0.05, 0.1) is 13.2 Å². The van der Waals surface area contributed by atoms with E-state index in [1.807, 2.05) is 19.9 Å². The van der Waals surface area contributed by atoms with Crippen LogP contribution in [0.2, 0.25) is 0 Å². The number of hydrogen-bond acceptors (Lipinski definition) is 3. The van der Waals surface area contributed by atoms with Crippen LogP contribution < -0.4 is 15.2 Å². The first-order valence-corrected chi connectivity index (χ1v) is 6.81. The van der Waals surface area contributed by atoms with E-state index >= 15 is 0 Å². The molecule has 0 amide bonds. The summed E-state index contributed by atoms with van der Waals surface area (Å²) in [4.78, 5) is 0. The van der Waals surface area contributed by atoms with Gasteiger partial charge in [0.15, 0.2) is 11.5 Å². The molecule has 18 heavy (non-hydrogen) atoms. The molecule has 1 atom stereocenters. The summed E-state index contributed by atoms with van der Waals surface area (Å²) < 4.78 is 11.3. The molecule has 0 aliphatic rings. The zero-order valence-electron chi connectivity index (χ0n) is 11.7. The molecule has 0 fully saturated rings. The van der Waals surface area contributed by atoms with Crippen molar-refractivity contribution in [1.82, 2.24) is 0 Å². The molecule has 3 nitrogen and oxygen atoms in total. The molecular formula is C15H25NO2. The molecule has 1 aromatic carbocycles. The zero-order chi connectivity index (χ0) is 13.4. The summed E-state index contributed by atoms with van der Waals surface area (Å²) in [5.74, 6) is 1.68. The van der Waals surface area contributed by atoms with Gasteiger partial charge >= 0.3 is 0 Å². The van der Waals surface area contributed by atoms with Gasteiger partial charge < -0.3 is 15.2 Å². The number of hydrogen-bond donors (Lipinski definition) is 1. The van der Waals surface area contributed by atoms with Crippen molar-refractivity contribution in [2.24, 2.45) is 5.73 Å². The monoisotopic (exact) mass is 251 g/mol. The van der Waals surface area contributed by atoms with Crippen molar-refractivity contribution in [1.29, 1.82) is 0 Å². The van der Waals surface area contributed by atoms with Crippen molar-refractivity contribution in [3.8, 4) is 11.5 Å². The summed E-state index contributed by atoms with van der Waals surface area (Å²) in [7, 11) is 0. The van der Waals surface area contributed by atoms with Crippen LogP contribution in [0.25, 0.3) is 0 Å². The van der Waals surface area contributed by atoms with Crippen molar-refractivity contribution in [2.75, 3.05) is 13.2 Å². The summed E-state index contributed by atoms with van der Waals surface area (Å²) in [6.07, 6.45) is 2.96. The smallest absolute Gasteiger partial charge is 0.161 e. The third-order valence-corrected chi connectivity index (χ3v) is 2.66. The van der Waals surface area contributed by atoms with Gasteiger partial charge in [-0.05, 0) is 50.8 Å².